The van der Waals surface area contributed by atoms with E-state index in [1.165, 1.54) is 12.0 Å². The molecule has 1 aliphatic rings. The van der Waals surface area contributed by atoms with Crippen molar-refractivity contribution in [2.24, 2.45) is 0 Å². The molecular weight excluding hydrogens is 450 g/mol. The number of furan rings is 1. The Kier molecular flexibility index (Phi) is 7.12. The Labute approximate surface area is 203 Å². The number of aliphatic hydroxyl groups is 1. The fourth-order valence-electron chi connectivity index (χ4n) is 4.19. The summed E-state index contributed by atoms with van der Waals surface area (Å²) in [4.78, 5) is 28.1. The molecule has 0 spiro atoms. The number of hydrogen-bond donors (Lipinski definition) is 1. The Morgan fingerprint density at radius 2 is 1.91 bits per heavy atom. The first-order valence-electron chi connectivity index (χ1n) is 11.5. The minimum atomic E-state index is -0.856. The second kappa shape index (κ2) is 10.2. The molecule has 1 N–H and O–H groups in total. The number of aliphatic hydroxyl groups excluding tert-OH is 1. The van der Waals surface area contributed by atoms with Crippen molar-refractivity contribution >= 4 is 22.7 Å². The van der Waals surface area contributed by atoms with Crippen LogP contribution in [0.4, 0.5) is 0 Å². The lowest BCUT2D eigenvalue weighted by molar-refractivity contribution is -0.130. The average Bonchev–Trinajstić information content (AvgIpc) is 3.38. The molecule has 8 nitrogen and oxygen atoms in total. The summed E-state index contributed by atoms with van der Waals surface area (Å²) in [5.41, 5.74) is 1.09. The summed E-state index contributed by atoms with van der Waals surface area (Å²) in [6.45, 7) is 6.50. The van der Waals surface area contributed by atoms with Gasteiger partial charge in [0.05, 0.1) is 30.9 Å². The topological polar surface area (TPSA) is 98.4 Å². The van der Waals surface area contributed by atoms with Crippen molar-refractivity contribution in [3.63, 3.8) is 0 Å². The van der Waals surface area contributed by atoms with Crippen molar-refractivity contribution in [2.75, 3.05) is 26.9 Å². The summed E-state index contributed by atoms with van der Waals surface area (Å²) in [6, 6.07) is 13.2. The molecule has 8 heteroatoms. The van der Waals surface area contributed by atoms with Crippen LogP contribution in [0.15, 0.2) is 64.3 Å². The van der Waals surface area contributed by atoms with Gasteiger partial charge in [-0.25, -0.2) is 0 Å². The number of rotatable bonds is 10. The smallest absolute Gasteiger partial charge is 0.290 e. The molecule has 1 amide bonds. The molecule has 0 saturated carbocycles. The quantitative estimate of drug-likeness (QED) is 0.415. The summed E-state index contributed by atoms with van der Waals surface area (Å²) in [5, 5.41) is 11.6. The Bertz CT molecular complexity index is 1240. The van der Waals surface area contributed by atoms with Gasteiger partial charge in [0, 0.05) is 19.0 Å². The van der Waals surface area contributed by atoms with Gasteiger partial charge in [-0.2, -0.15) is 0 Å². The van der Waals surface area contributed by atoms with Gasteiger partial charge >= 0.3 is 0 Å². The van der Waals surface area contributed by atoms with Crippen LogP contribution in [-0.2, 0) is 9.53 Å². The number of ketones is 1. The van der Waals surface area contributed by atoms with Gasteiger partial charge in [0.1, 0.15) is 5.58 Å². The highest BCUT2D eigenvalue weighted by Crippen LogP contribution is 2.42. The van der Waals surface area contributed by atoms with Crippen LogP contribution in [0.25, 0.3) is 11.0 Å². The van der Waals surface area contributed by atoms with E-state index >= 15 is 0 Å². The Balaban J connectivity index is 1.80. The van der Waals surface area contributed by atoms with Crippen LogP contribution >= 0.6 is 0 Å². The predicted octanol–water partition coefficient (Wildman–Crippen LogP) is 4.84. The number of nitrogens with zero attached hydrogens (tertiary/aromatic N) is 1. The van der Waals surface area contributed by atoms with Crippen LogP contribution in [-0.4, -0.2) is 54.7 Å². The van der Waals surface area contributed by atoms with E-state index in [0.717, 1.165) is 5.39 Å². The first-order chi connectivity index (χ1) is 16.8. The molecule has 1 aromatic heterocycles. The highest BCUT2D eigenvalue weighted by atomic mass is 16.5. The predicted molar refractivity (Wildman–Crippen MR) is 130 cm³/mol. The highest BCUT2D eigenvalue weighted by molar-refractivity contribution is 6.16. The van der Waals surface area contributed by atoms with Gasteiger partial charge in [0.2, 0.25) is 5.78 Å². The summed E-state index contributed by atoms with van der Waals surface area (Å²) in [6.07, 6.45) is -0.0690. The van der Waals surface area contributed by atoms with Gasteiger partial charge in [-0.15, -0.1) is 0 Å². The molecule has 1 atom stereocenters. The van der Waals surface area contributed by atoms with Crippen LogP contribution in [0.3, 0.4) is 0 Å². The largest absolute Gasteiger partial charge is 0.503 e. The Hall–Kier alpha value is -3.78. The number of carbonyl (C=O) groups excluding carboxylic acids is 2. The van der Waals surface area contributed by atoms with Gasteiger partial charge in [0.15, 0.2) is 23.0 Å². The average molecular weight is 480 g/mol. The number of methoxy groups -OCH3 is 1. The van der Waals surface area contributed by atoms with E-state index in [4.69, 9.17) is 18.6 Å². The molecule has 0 saturated heterocycles. The van der Waals surface area contributed by atoms with Gasteiger partial charge in [-0.1, -0.05) is 24.3 Å². The van der Waals surface area contributed by atoms with Gasteiger partial charge in [-0.3, -0.25) is 9.59 Å². The molecule has 0 radical (unpaired) electrons. The first-order valence-corrected chi connectivity index (χ1v) is 11.5. The van der Waals surface area contributed by atoms with Crippen molar-refractivity contribution in [1.82, 2.24) is 4.90 Å². The van der Waals surface area contributed by atoms with Crippen LogP contribution in [0.5, 0.6) is 11.5 Å². The number of ether oxygens (including phenoxy) is 3. The van der Waals surface area contributed by atoms with Crippen LogP contribution in [0.1, 0.15) is 42.9 Å². The van der Waals surface area contributed by atoms with Gasteiger partial charge in [0.25, 0.3) is 5.91 Å². The fourth-order valence-corrected chi connectivity index (χ4v) is 4.19. The molecule has 35 heavy (non-hydrogen) atoms. The normalized spacial score (nSPS) is 16.0. The van der Waals surface area contributed by atoms with E-state index in [-0.39, 0.29) is 30.6 Å². The number of carbonyl (C=O) groups is 2. The van der Waals surface area contributed by atoms with Crippen LogP contribution < -0.4 is 9.47 Å². The molecule has 0 bridgehead atoms. The molecule has 2 heterocycles. The van der Waals surface area contributed by atoms with E-state index in [1.54, 1.807) is 36.4 Å². The molecule has 2 aromatic carbocycles. The second-order valence-electron chi connectivity index (χ2n) is 8.44. The first kappa shape index (κ1) is 24.3. The number of hydrogen-bond acceptors (Lipinski definition) is 7. The third-order valence-electron chi connectivity index (χ3n) is 5.68. The minimum Gasteiger partial charge on any atom is -0.503 e. The zero-order chi connectivity index (χ0) is 25.1. The van der Waals surface area contributed by atoms with Crippen molar-refractivity contribution in [2.45, 2.75) is 32.9 Å². The Morgan fingerprint density at radius 3 is 2.60 bits per heavy atom. The van der Waals surface area contributed by atoms with E-state index in [0.29, 0.717) is 29.3 Å². The lowest BCUT2D eigenvalue weighted by Gasteiger charge is -2.27. The van der Waals surface area contributed by atoms with Crippen molar-refractivity contribution in [3.05, 3.63) is 71.2 Å². The fraction of sp³-hybridized carbons (Fsp3) is 0.333. The summed E-state index contributed by atoms with van der Waals surface area (Å²) in [5.74, 6) is -0.720. The summed E-state index contributed by atoms with van der Waals surface area (Å²) in [7, 11) is 1.52. The third-order valence-corrected chi connectivity index (χ3v) is 5.68. The number of amides is 1. The van der Waals surface area contributed by atoms with E-state index < -0.39 is 23.5 Å². The summed E-state index contributed by atoms with van der Waals surface area (Å²) >= 11 is 0. The maximum Gasteiger partial charge on any atom is 0.290 e. The third kappa shape index (κ3) is 4.74. The number of fused-ring (bicyclic) bond motifs is 1. The van der Waals surface area contributed by atoms with Crippen LogP contribution in [0.2, 0.25) is 0 Å². The molecule has 3 aromatic rings. The molecule has 1 unspecified atom stereocenters. The SMILES string of the molecule is CCOc1cc(C2C(C(=O)c3cc4ccccc4o3)=C(O)C(=O)N2CCOC)ccc1OC(C)C. The zero-order valence-electron chi connectivity index (χ0n) is 20.2. The standard InChI is InChI=1S/C27H29NO7/c1-5-33-21-15-18(10-11-20(21)34-16(2)3)24-23(26(30)27(31)28(24)12-13-32-4)25(29)22-14-17-8-6-7-9-19(17)35-22/h6-11,14-16,24,30H,5,12-13H2,1-4H3. The van der Waals surface area contributed by atoms with Crippen molar-refractivity contribution < 1.29 is 33.3 Å². The number of para-hydroxylation sites is 1. The van der Waals surface area contributed by atoms with Crippen LogP contribution in [0, 0.1) is 0 Å². The zero-order valence-corrected chi connectivity index (χ0v) is 20.2. The van der Waals surface area contributed by atoms with Crippen molar-refractivity contribution in [1.29, 1.82) is 0 Å². The maximum absolute atomic E-state index is 13.6. The molecular formula is C27H29NO7. The monoisotopic (exact) mass is 479 g/mol. The lowest BCUT2D eigenvalue weighted by Crippen LogP contribution is -2.34. The van der Waals surface area contributed by atoms with E-state index in [9.17, 15) is 14.7 Å². The highest BCUT2D eigenvalue weighted by Gasteiger charge is 2.44. The Morgan fingerprint density at radius 1 is 1.14 bits per heavy atom. The summed E-state index contributed by atoms with van der Waals surface area (Å²) < 4.78 is 22.6. The molecule has 184 valence electrons. The van der Waals surface area contributed by atoms with E-state index in [2.05, 4.69) is 0 Å². The number of benzene rings is 2. The minimum absolute atomic E-state index is 0.0453. The molecule has 4 rings (SSSR count). The molecule has 1 aliphatic heterocycles. The lowest BCUT2D eigenvalue weighted by atomic mass is 9.94. The van der Waals surface area contributed by atoms with Crippen molar-refractivity contribution in [3.8, 4) is 11.5 Å². The second-order valence-corrected chi connectivity index (χ2v) is 8.44. The van der Waals surface area contributed by atoms with E-state index in [1.807, 2.05) is 32.9 Å². The van der Waals surface area contributed by atoms with Gasteiger partial charge < -0.3 is 28.6 Å². The van der Waals surface area contributed by atoms with Gasteiger partial charge in [-0.05, 0) is 50.6 Å². The number of Topliss-reactive ketones (excluding diaryl/α,β-unsaturated/α-hetero) is 1. The molecule has 0 fully saturated rings. The molecule has 0 aliphatic carbocycles. The maximum atomic E-state index is 13.6.